The van der Waals surface area contributed by atoms with E-state index in [2.05, 4.69) is 0 Å². The molecule has 0 amide bonds. The summed E-state index contributed by atoms with van der Waals surface area (Å²) >= 11 is 0. The van der Waals surface area contributed by atoms with E-state index in [-0.39, 0.29) is 0 Å². The number of sulfone groups is 1. The van der Waals surface area contributed by atoms with Crippen LogP contribution in [0.4, 0.5) is 5.69 Å². The van der Waals surface area contributed by atoms with Gasteiger partial charge in [0.1, 0.15) is 0 Å². The van der Waals surface area contributed by atoms with Crippen molar-refractivity contribution in [2.24, 2.45) is 0 Å². The van der Waals surface area contributed by atoms with Crippen molar-refractivity contribution in [3.63, 3.8) is 0 Å². The summed E-state index contributed by atoms with van der Waals surface area (Å²) in [6.07, 6.45) is 6.07. The van der Waals surface area contributed by atoms with Crippen molar-refractivity contribution in [2.75, 3.05) is 11.4 Å². The van der Waals surface area contributed by atoms with Gasteiger partial charge in [-0.05, 0) is 24.3 Å². The van der Waals surface area contributed by atoms with Gasteiger partial charge in [-0.25, -0.2) is 8.42 Å². The molecule has 0 bridgehead atoms. The normalized spacial score (nSPS) is 15.3. The lowest BCUT2D eigenvalue weighted by molar-refractivity contribution is 0.601. The van der Waals surface area contributed by atoms with Crippen LogP contribution in [-0.2, 0) is 9.84 Å². The van der Waals surface area contributed by atoms with Crippen LogP contribution < -0.4 is 4.90 Å². The average molecular weight is 311 g/mol. The molecule has 0 aromatic heterocycles. The lowest BCUT2D eigenvalue weighted by Crippen LogP contribution is -2.17. The minimum absolute atomic E-state index is 0.338. The summed E-state index contributed by atoms with van der Waals surface area (Å²) in [6.45, 7) is 0.665. The Morgan fingerprint density at radius 3 is 2.14 bits per heavy atom. The second-order valence-corrected chi connectivity index (χ2v) is 7.08. The Morgan fingerprint density at radius 1 is 0.818 bits per heavy atom. The molecule has 0 aliphatic carbocycles. The molecule has 0 N–H and O–H groups in total. The number of benzene rings is 2. The molecule has 1 heterocycles. The summed E-state index contributed by atoms with van der Waals surface area (Å²) in [4.78, 5) is 2.71. The zero-order valence-electron chi connectivity index (χ0n) is 12.1. The van der Waals surface area contributed by atoms with Crippen molar-refractivity contribution in [2.45, 2.75) is 11.3 Å². The first-order chi connectivity index (χ1) is 10.7. The Kier molecular flexibility index (Phi) is 4.11. The number of anilines is 1. The Morgan fingerprint density at radius 2 is 1.45 bits per heavy atom. The predicted molar refractivity (Wildman–Crippen MR) is 89.3 cm³/mol. The van der Waals surface area contributed by atoms with E-state index < -0.39 is 9.84 Å². The van der Waals surface area contributed by atoms with Gasteiger partial charge in [-0.15, -0.1) is 0 Å². The van der Waals surface area contributed by atoms with Crippen molar-refractivity contribution in [3.8, 4) is 0 Å². The van der Waals surface area contributed by atoms with Crippen LogP contribution in [-0.4, -0.2) is 15.0 Å². The number of allylic oxidation sites excluding steroid dienone is 2. The Labute approximate surface area is 131 Å². The Balaban J connectivity index is 2.02. The van der Waals surface area contributed by atoms with E-state index in [1.807, 2.05) is 53.5 Å². The van der Waals surface area contributed by atoms with E-state index in [0.717, 1.165) is 5.69 Å². The molecule has 0 unspecified atom stereocenters. The van der Waals surface area contributed by atoms with Gasteiger partial charge < -0.3 is 4.90 Å². The third-order valence-electron chi connectivity index (χ3n) is 3.57. The minimum Gasteiger partial charge on any atom is -0.343 e. The van der Waals surface area contributed by atoms with Crippen LogP contribution in [0.2, 0.25) is 0 Å². The molecular weight excluding hydrogens is 294 g/mol. The number of nitrogens with zero attached hydrogens (tertiary/aromatic N) is 1. The second-order valence-electron chi connectivity index (χ2n) is 5.08. The quantitative estimate of drug-likeness (QED) is 0.810. The minimum atomic E-state index is -3.46. The van der Waals surface area contributed by atoms with Crippen molar-refractivity contribution in [1.82, 2.24) is 0 Å². The SMILES string of the molecule is O=S(=O)(C1=CN(c2ccccc2)CC=CC1)c1ccccc1. The lowest BCUT2D eigenvalue weighted by Gasteiger charge is -2.19. The first-order valence-corrected chi connectivity index (χ1v) is 8.64. The molecular formula is C18H17NO2S. The third kappa shape index (κ3) is 2.97. The number of hydrogen-bond donors (Lipinski definition) is 0. The largest absolute Gasteiger partial charge is 0.343 e. The average Bonchev–Trinajstić information content (AvgIpc) is 2.83. The highest BCUT2D eigenvalue weighted by atomic mass is 32.2. The molecule has 4 heteroatoms. The molecule has 0 fully saturated rings. The summed E-state index contributed by atoms with van der Waals surface area (Å²) in [6, 6.07) is 18.4. The summed E-state index contributed by atoms with van der Waals surface area (Å²) < 4.78 is 25.6. The molecule has 2 aromatic carbocycles. The summed E-state index contributed by atoms with van der Waals surface area (Å²) in [5, 5.41) is 0. The maximum atomic E-state index is 12.8. The Bertz CT molecular complexity index is 793. The predicted octanol–water partition coefficient (Wildman–Crippen LogP) is 3.77. The lowest BCUT2D eigenvalue weighted by atomic mass is 10.3. The summed E-state index contributed by atoms with van der Waals surface area (Å²) in [5.74, 6) is 0. The van der Waals surface area contributed by atoms with Crippen LogP contribution in [0.3, 0.4) is 0 Å². The van der Waals surface area contributed by atoms with Gasteiger partial charge in [0.05, 0.1) is 9.80 Å². The maximum Gasteiger partial charge on any atom is 0.204 e. The van der Waals surface area contributed by atoms with Crippen LogP contribution in [0.1, 0.15) is 6.42 Å². The fourth-order valence-corrected chi connectivity index (χ4v) is 3.80. The maximum absolute atomic E-state index is 12.8. The van der Waals surface area contributed by atoms with E-state index >= 15 is 0 Å². The molecule has 3 rings (SSSR count). The Hall–Kier alpha value is -2.33. The molecule has 0 atom stereocenters. The van der Waals surface area contributed by atoms with Crippen LogP contribution in [0.15, 0.2) is 88.8 Å². The van der Waals surface area contributed by atoms with Gasteiger partial charge in [0.15, 0.2) is 0 Å². The zero-order chi connectivity index (χ0) is 15.4. The molecule has 1 aliphatic heterocycles. The van der Waals surface area contributed by atoms with E-state index in [4.69, 9.17) is 0 Å². The van der Waals surface area contributed by atoms with Gasteiger partial charge in [-0.3, -0.25) is 0 Å². The van der Waals surface area contributed by atoms with Crippen molar-refractivity contribution in [1.29, 1.82) is 0 Å². The van der Waals surface area contributed by atoms with Crippen molar-refractivity contribution < 1.29 is 8.42 Å². The highest BCUT2D eigenvalue weighted by molar-refractivity contribution is 7.95. The molecule has 3 nitrogen and oxygen atoms in total. The van der Waals surface area contributed by atoms with E-state index in [1.54, 1.807) is 30.5 Å². The topological polar surface area (TPSA) is 37.4 Å². The molecule has 0 radical (unpaired) electrons. The van der Waals surface area contributed by atoms with E-state index in [9.17, 15) is 8.42 Å². The molecule has 112 valence electrons. The van der Waals surface area contributed by atoms with Gasteiger partial charge in [0.2, 0.25) is 9.84 Å². The zero-order valence-corrected chi connectivity index (χ0v) is 12.9. The molecule has 22 heavy (non-hydrogen) atoms. The highest BCUT2D eigenvalue weighted by Gasteiger charge is 2.21. The molecule has 0 spiro atoms. The van der Waals surface area contributed by atoms with Gasteiger partial charge in [-0.1, -0.05) is 48.6 Å². The second kappa shape index (κ2) is 6.20. The van der Waals surface area contributed by atoms with Gasteiger partial charge >= 0.3 is 0 Å². The van der Waals surface area contributed by atoms with Gasteiger partial charge in [0, 0.05) is 24.9 Å². The molecule has 1 aliphatic rings. The first-order valence-electron chi connectivity index (χ1n) is 7.15. The van der Waals surface area contributed by atoms with Crippen molar-refractivity contribution >= 4 is 15.5 Å². The molecule has 2 aromatic rings. The van der Waals surface area contributed by atoms with Gasteiger partial charge in [0.25, 0.3) is 0 Å². The van der Waals surface area contributed by atoms with Crippen LogP contribution >= 0.6 is 0 Å². The number of para-hydroxylation sites is 1. The monoisotopic (exact) mass is 311 g/mol. The van der Waals surface area contributed by atoms with E-state index in [1.165, 1.54) is 0 Å². The van der Waals surface area contributed by atoms with Crippen LogP contribution in [0.5, 0.6) is 0 Å². The molecule has 0 saturated heterocycles. The van der Waals surface area contributed by atoms with Crippen LogP contribution in [0, 0.1) is 0 Å². The standard InChI is InChI=1S/C18H17NO2S/c20-22(21,17-11-5-2-6-12-17)18-13-7-8-14-19(15-18)16-9-3-1-4-10-16/h1-12,15H,13-14H2. The molecule has 0 saturated carbocycles. The summed E-state index contributed by atoms with van der Waals surface area (Å²) in [7, 11) is -3.46. The van der Waals surface area contributed by atoms with Gasteiger partial charge in [-0.2, -0.15) is 0 Å². The fraction of sp³-hybridized carbons (Fsp3) is 0.111. The van der Waals surface area contributed by atoms with Crippen molar-refractivity contribution in [3.05, 3.63) is 83.9 Å². The van der Waals surface area contributed by atoms with Crippen LogP contribution in [0.25, 0.3) is 0 Å². The first kappa shape index (κ1) is 14.6. The summed E-state index contributed by atoms with van der Waals surface area (Å²) in [5.41, 5.74) is 0.981. The fourth-order valence-electron chi connectivity index (χ4n) is 2.40. The number of hydrogen-bond acceptors (Lipinski definition) is 3. The third-order valence-corrected chi connectivity index (χ3v) is 5.43. The smallest absolute Gasteiger partial charge is 0.204 e. The van der Waals surface area contributed by atoms with E-state index in [0.29, 0.717) is 22.8 Å². The number of rotatable bonds is 3. The highest BCUT2D eigenvalue weighted by Crippen LogP contribution is 2.26.